The Balaban J connectivity index is 1.44. The van der Waals surface area contributed by atoms with Crippen molar-refractivity contribution in [1.29, 1.82) is 0 Å². The van der Waals surface area contributed by atoms with Gasteiger partial charge in [0, 0.05) is 25.0 Å². The van der Waals surface area contributed by atoms with Crippen LogP contribution in [-0.4, -0.2) is 11.6 Å². The molecule has 1 N–H and O–H groups in total. The molecule has 1 saturated carbocycles. The zero-order valence-electron chi connectivity index (χ0n) is 13.0. The van der Waals surface area contributed by atoms with Crippen LogP contribution < -0.4 is 5.32 Å². The van der Waals surface area contributed by atoms with E-state index in [1.807, 2.05) is 0 Å². The van der Waals surface area contributed by atoms with Gasteiger partial charge in [-0.1, -0.05) is 30.3 Å². The smallest absolute Gasteiger partial charge is 0.0361 e. The summed E-state index contributed by atoms with van der Waals surface area (Å²) in [7, 11) is 2.08. The number of aromatic nitrogens is 1. The molecule has 0 bridgehead atoms. The average Bonchev–Trinajstić information content (AvgIpc) is 3.24. The highest BCUT2D eigenvalue weighted by Crippen LogP contribution is 2.40. The van der Waals surface area contributed by atoms with Crippen LogP contribution in [-0.2, 0) is 13.0 Å². The second-order valence-electron chi connectivity index (χ2n) is 6.23. The molecule has 0 aliphatic heterocycles. The Morgan fingerprint density at radius 1 is 1.14 bits per heavy atom. The van der Waals surface area contributed by atoms with Gasteiger partial charge >= 0.3 is 0 Å². The minimum Gasteiger partial charge on any atom is -0.354 e. The van der Waals surface area contributed by atoms with Crippen LogP contribution in [0.5, 0.6) is 0 Å². The minimum atomic E-state index is 0.565. The number of aryl methyl sites for hydroxylation is 2. The number of nitrogens with one attached hydrogen (secondary N) is 1. The Bertz CT molecular complexity index is 540. The third-order valence-corrected chi connectivity index (χ3v) is 4.51. The van der Waals surface area contributed by atoms with Crippen molar-refractivity contribution < 1.29 is 0 Å². The highest BCUT2D eigenvalue weighted by Gasteiger charge is 2.31. The summed E-state index contributed by atoms with van der Waals surface area (Å²) in [6, 6.07) is 13.6. The molecule has 1 unspecified atom stereocenters. The highest BCUT2D eigenvalue weighted by molar-refractivity contribution is 5.18. The van der Waals surface area contributed by atoms with Gasteiger partial charge in [-0.15, -0.1) is 0 Å². The van der Waals surface area contributed by atoms with Crippen molar-refractivity contribution in [2.24, 2.45) is 5.92 Å². The van der Waals surface area contributed by atoms with Crippen molar-refractivity contribution >= 4 is 0 Å². The van der Waals surface area contributed by atoms with Gasteiger partial charge in [-0.05, 0) is 62.3 Å². The Labute approximate surface area is 128 Å². The topological polar surface area (TPSA) is 17.0 Å². The fraction of sp³-hybridized carbons (Fsp3) is 0.474. The Morgan fingerprint density at radius 3 is 2.67 bits per heavy atom. The molecule has 1 aliphatic carbocycles. The van der Waals surface area contributed by atoms with Gasteiger partial charge in [0.2, 0.25) is 0 Å². The van der Waals surface area contributed by atoms with Gasteiger partial charge in [0.05, 0.1) is 0 Å². The van der Waals surface area contributed by atoms with E-state index in [0.717, 1.165) is 12.5 Å². The van der Waals surface area contributed by atoms with E-state index in [1.165, 1.54) is 43.2 Å². The molecule has 112 valence electrons. The zero-order valence-corrected chi connectivity index (χ0v) is 13.0. The summed E-state index contributed by atoms with van der Waals surface area (Å²) >= 11 is 0. The minimum absolute atomic E-state index is 0.565. The van der Waals surface area contributed by atoms with Gasteiger partial charge in [0.1, 0.15) is 0 Å². The quantitative estimate of drug-likeness (QED) is 0.719. The lowest BCUT2D eigenvalue weighted by Gasteiger charge is -2.13. The summed E-state index contributed by atoms with van der Waals surface area (Å²) in [6.07, 6.45) is 11.0. The molecule has 1 heterocycles. The summed E-state index contributed by atoms with van der Waals surface area (Å²) in [5.41, 5.74) is 2.91. The second-order valence-corrected chi connectivity index (χ2v) is 6.23. The van der Waals surface area contributed by atoms with Crippen molar-refractivity contribution in [2.45, 2.75) is 44.7 Å². The van der Waals surface area contributed by atoms with Gasteiger partial charge in [-0.25, -0.2) is 0 Å². The molecule has 2 aromatic rings. The third kappa shape index (κ3) is 3.98. The van der Waals surface area contributed by atoms with E-state index in [4.69, 9.17) is 0 Å². The van der Waals surface area contributed by atoms with Crippen LogP contribution in [0.1, 0.15) is 42.9 Å². The molecule has 1 aliphatic rings. The molecule has 0 spiro atoms. The lowest BCUT2D eigenvalue weighted by Crippen LogP contribution is -2.17. The second kappa shape index (κ2) is 6.95. The monoisotopic (exact) mass is 282 g/mol. The van der Waals surface area contributed by atoms with Gasteiger partial charge < -0.3 is 9.88 Å². The Hall–Kier alpha value is -1.54. The molecule has 21 heavy (non-hydrogen) atoms. The number of unbranched alkanes of at least 4 members (excludes halogenated alkanes) is 1. The van der Waals surface area contributed by atoms with Crippen molar-refractivity contribution in [2.75, 3.05) is 7.05 Å². The predicted molar refractivity (Wildman–Crippen MR) is 88.3 cm³/mol. The van der Waals surface area contributed by atoms with E-state index in [1.54, 1.807) is 0 Å². The van der Waals surface area contributed by atoms with E-state index >= 15 is 0 Å². The molecule has 0 amide bonds. The standard InChI is InChI=1S/C19H26N2/c1-20-19(17-10-11-17)18-12-14-21(15-18)13-6-5-9-16-7-3-2-4-8-16/h2-4,7-8,12,14-15,17,19-20H,5-6,9-11,13H2,1H3. The Morgan fingerprint density at radius 2 is 1.95 bits per heavy atom. The summed E-state index contributed by atoms with van der Waals surface area (Å²) < 4.78 is 2.35. The lowest BCUT2D eigenvalue weighted by molar-refractivity contribution is 0.526. The third-order valence-electron chi connectivity index (χ3n) is 4.51. The van der Waals surface area contributed by atoms with Crippen molar-refractivity contribution in [3.8, 4) is 0 Å². The van der Waals surface area contributed by atoms with E-state index in [0.29, 0.717) is 6.04 Å². The number of hydrogen-bond donors (Lipinski definition) is 1. The maximum atomic E-state index is 3.47. The number of hydrogen-bond acceptors (Lipinski definition) is 1. The molecular formula is C19H26N2. The van der Waals surface area contributed by atoms with Crippen molar-refractivity contribution in [3.63, 3.8) is 0 Å². The predicted octanol–water partition coefficient (Wildman–Crippen LogP) is 4.18. The molecule has 0 saturated heterocycles. The molecule has 1 fully saturated rings. The summed E-state index contributed by atoms with van der Waals surface area (Å²) in [4.78, 5) is 0. The first-order chi connectivity index (χ1) is 10.4. The highest BCUT2D eigenvalue weighted by atomic mass is 15.0. The van der Waals surface area contributed by atoms with E-state index in [9.17, 15) is 0 Å². The maximum absolute atomic E-state index is 3.47. The van der Waals surface area contributed by atoms with Crippen LogP contribution in [0.3, 0.4) is 0 Å². The van der Waals surface area contributed by atoms with Gasteiger partial charge in [0.25, 0.3) is 0 Å². The molecule has 2 nitrogen and oxygen atoms in total. The summed E-state index contributed by atoms with van der Waals surface area (Å²) in [5, 5.41) is 3.47. The molecule has 2 heteroatoms. The molecule has 1 atom stereocenters. The van der Waals surface area contributed by atoms with Gasteiger partial charge in [-0.3, -0.25) is 0 Å². The normalized spacial score (nSPS) is 16.0. The molecule has 0 radical (unpaired) electrons. The van der Waals surface area contributed by atoms with Crippen molar-refractivity contribution in [3.05, 3.63) is 59.9 Å². The fourth-order valence-electron chi connectivity index (χ4n) is 3.15. The largest absolute Gasteiger partial charge is 0.354 e. The van der Waals surface area contributed by atoms with Crippen LogP contribution in [0.15, 0.2) is 48.8 Å². The van der Waals surface area contributed by atoms with Crippen molar-refractivity contribution in [1.82, 2.24) is 9.88 Å². The first-order valence-corrected chi connectivity index (χ1v) is 8.23. The van der Waals surface area contributed by atoms with Crippen LogP contribution in [0.2, 0.25) is 0 Å². The van der Waals surface area contributed by atoms with E-state index in [-0.39, 0.29) is 0 Å². The lowest BCUT2D eigenvalue weighted by atomic mass is 10.1. The average molecular weight is 282 g/mol. The summed E-state index contributed by atoms with van der Waals surface area (Å²) in [6.45, 7) is 1.13. The number of rotatable bonds is 8. The summed E-state index contributed by atoms with van der Waals surface area (Å²) in [5.74, 6) is 0.865. The zero-order chi connectivity index (χ0) is 14.5. The van der Waals surface area contributed by atoms with E-state index < -0.39 is 0 Å². The van der Waals surface area contributed by atoms with Crippen LogP contribution in [0.4, 0.5) is 0 Å². The number of nitrogens with zero attached hydrogens (tertiary/aromatic N) is 1. The SMILES string of the molecule is CNC(c1ccn(CCCCc2ccccc2)c1)C1CC1. The fourth-order valence-corrected chi connectivity index (χ4v) is 3.15. The number of benzene rings is 1. The molecule has 3 rings (SSSR count). The van der Waals surface area contributed by atoms with Crippen LogP contribution in [0, 0.1) is 5.92 Å². The van der Waals surface area contributed by atoms with Crippen LogP contribution >= 0.6 is 0 Å². The molecule has 1 aromatic carbocycles. The first kappa shape index (κ1) is 14.4. The Kier molecular flexibility index (Phi) is 4.76. The van der Waals surface area contributed by atoms with Gasteiger partial charge in [-0.2, -0.15) is 0 Å². The first-order valence-electron chi connectivity index (χ1n) is 8.23. The molecular weight excluding hydrogens is 256 g/mol. The van der Waals surface area contributed by atoms with Gasteiger partial charge in [0.15, 0.2) is 0 Å². The van der Waals surface area contributed by atoms with Crippen LogP contribution in [0.25, 0.3) is 0 Å². The molecule has 1 aromatic heterocycles. The van der Waals surface area contributed by atoms with E-state index in [2.05, 4.69) is 65.7 Å². The maximum Gasteiger partial charge on any atom is 0.0361 e.